The van der Waals surface area contributed by atoms with Crippen LogP contribution in [0.5, 0.6) is 0 Å². The third-order valence-electron chi connectivity index (χ3n) is 2.21. The minimum Gasteiger partial charge on any atom is -0.359 e. The van der Waals surface area contributed by atoms with E-state index < -0.39 is 0 Å². The molecule has 0 fully saturated rings. The number of aromatic nitrogens is 1. The zero-order valence-corrected chi connectivity index (χ0v) is 12.1. The van der Waals surface area contributed by atoms with E-state index in [9.17, 15) is 4.79 Å². The molecule has 0 aliphatic carbocycles. The maximum Gasteiger partial charge on any atom is 0.242 e. The number of halogens is 1. The molecule has 0 bridgehead atoms. The van der Waals surface area contributed by atoms with Crippen LogP contribution in [0.3, 0.4) is 0 Å². The van der Waals surface area contributed by atoms with E-state index >= 15 is 0 Å². The van der Waals surface area contributed by atoms with Gasteiger partial charge in [-0.2, -0.15) is 0 Å². The molecule has 1 atom stereocenters. The van der Waals surface area contributed by atoms with Gasteiger partial charge in [0.25, 0.3) is 0 Å². The number of rotatable bonds is 4. The first kappa shape index (κ1) is 14.0. The SMILES string of the molecule is Cc1nc(NC(C)C(=O)NC(C)C)ccc1Br. The Hall–Kier alpha value is -1.10. The highest BCUT2D eigenvalue weighted by molar-refractivity contribution is 9.10. The lowest BCUT2D eigenvalue weighted by Gasteiger charge is -2.16. The quantitative estimate of drug-likeness (QED) is 0.898. The number of anilines is 1. The van der Waals surface area contributed by atoms with E-state index in [0.29, 0.717) is 5.82 Å². The van der Waals surface area contributed by atoms with E-state index in [-0.39, 0.29) is 18.0 Å². The van der Waals surface area contributed by atoms with Crippen molar-refractivity contribution in [3.05, 3.63) is 22.3 Å². The standard InChI is InChI=1S/C12H18BrN3O/c1-7(2)14-12(17)9(4)16-11-6-5-10(13)8(3)15-11/h5-7,9H,1-4H3,(H,14,17)(H,15,16). The fourth-order valence-electron chi connectivity index (χ4n) is 1.32. The predicted octanol–water partition coefficient (Wildman–Crippen LogP) is 2.48. The topological polar surface area (TPSA) is 54.0 Å². The van der Waals surface area contributed by atoms with Crippen LogP contribution in [-0.4, -0.2) is 23.0 Å². The van der Waals surface area contributed by atoms with Crippen LogP contribution in [0.1, 0.15) is 26.5 Å². The molecule has 17 heavy (non-hydrogen) atoms. The molecule has 0 saturated heterocycles. The monoisotopic (exact) mass is 299 g/mol. The number of nitrogens with zero attached hydrogens (tertiary/aromatic N) is 1. The van der Waals surface area contributed by atoms with Gasteiger partial charge in [-0.15, -0.1) is 0 Å². The van der Waals surface area contributed by atoms with E-state index in [1.165, 1.54) is 0 Å². The summed E-state index contributed by atoms with van der Waals surface area (Å²) in [5, 5.41) is 5.92. The zero-order valence-electron chi connectivity index (χ0n) is 10.5. The number of pyridine rings is 1. The van der Waals surface area contributed by atoms with Crippen molar-refractivity contribution in [2.24, 2.45) is 0 Å². The lowest BCUT2D eigenvalue weighted by atomic mass is 10.2. The number of aryl methyl sites for hydroxylation is 1. The maximum atomic E-state index is 11.7. The van der Waals surface area contributed by atoms with Gasteiger partial charge in [0, 0.05) is 10.5 Å². The fourth-order valence-corrected chi connectivity index (χ4v) is 1.54. The number of hydrogen-bond acceptors (Lipinski definition) is 3. The van der Waals surface area contributed by atoms with Crippen LogP contribution in [0.15, 0.2) is 16.6 Å². The molecule has 1 aromatic heterocycles. The van der Waals surface area contributed by atoms with Gasteiger partial charge >= 0.3 is 0 Å². The van der Waals surface area contributed by atoms with Gasteiger partial charge in [-0.05, 0) is 55.8 Å². The van der Waals surface area contributed by atoms with Crippen molar-refractivity contribution in [3.8, 4) is 0 Å². The molecule has 1 aromatic rings. The zero-order chi connectivity index (χ0) is 13.0. The highest BCUT2D eigenvalue weighted by atomic mass is 79.9. The third-order valence-corrected chi connectivity index (χ3v) is 3.05. The molecule has 0 spiro atoms. The Labute approximate surface area is 110 Å². The third kappa shape index (κ3) is 4.34. The van der Waals surface area contributed by atoms with E-state index in [1.54, 1.807) is 0 Å². The molecule has 1 amide bonds. The molecule has 5 heteroatoms. The van der Waals surface area contributed by atoms with Gasteiger partial charge in [0.1, 0.15) is 11.9 Å². The summed E-state index contributed by atoms with van der Waals surface area (Å²) in [5.74, 6) is 0.680. The molecule has 1 rings (SSSR count). The van der Waals surface area contributed by atoms with Gasteiger partial charge in [0.15, 0.2) is 0 Å². The summed E-state index contributed by atoms with van der Waals surface area (Å²) < 4.78 is 0.960. The van der Waals surface area contributed by atoms with Crippen LogP contribution in [-0.2, 0) is 4.79 Å². The molecular weight excluding hydrogens is 282 g/mol. The van der Waals surface area contributed by atoms with Crippen LogP contribution in [0.2, 0.25) is 0 Å². The van der Waals surface area contributed by atoms with Crippen molar-refractivity contribution in [2.75, 3.05) is 5.32 Å². The van der Waals surface area contributed by atoms with Gasteiger partial charge in [-0.3, -0.25) is 4.79 Å². The second kappa shape index (κ2) is 6.00. The Morgan fingerprint density at radius 1 is 1.35 bits per heavy atom. The van der Waals surface area contributed by atoms with Crippen LogP contribution in [0.25, 0.3) is 0 Å². The molecule has 1 heterocycles. The van der Waals surface area contributed by atoms with Crippen LogP contribution in [0, 0.1) is 6.92 Å². The summed E-state index contributed by atoms with van der Waals surface area (Å²) in [6, 6.07) is 3.60. The van der Waals surface area contributed by atoms with Gasteiger partial charge in [0.05, 0.1) is 5.69 Å². The van der Waals surface area contributed by atoms with Crippen molar-refractivity contribution in [1.82, 2.24) is 10.3 Å². The van der Waals surface area contributed by atoms with Crippen molar-refractivity contribution in [3.63, 3.8) is 0 Å². The normalized spacial score (nSPS) is 12.4. The van der Waals surface area contributed by atoms with Crippen molar-refractivity contribution in [2.45, 2.75) is 39.8 Å². The second-order valence-corrected chi connectivity index (χ2v) is 5.15. The molecular formula is C12H18BrN3O. The average Bonchev–Trinajstić information content (AvgIpc) is 2.22. The Bertz CT molecular complexity index is 407. The van der Waals surface area contributed by atoms with Crippen molar-refractivity contribution in [1.29, 1.82) is 0 Å². The molecule has 1 unspecified atom stereocenters. The van der Waals surface area contributed by atoms with Gasteiger partial charge in [0.2, 0.25) is 5.91 Å². The fraction of sp³-hybridized carbons (Fsp3) is 0.500. The molecule has 0 aliphatic rings. The lowest BCUT2D eigenvalue weighted by Crippen LogP contribution is -2.41. The summed E-state index contributed by atoms with van der Waals surface area (Å²) in [5.41, 5.74) is 0.895. The molecule has 0 aromatic carbocycles. The highest BCUT2D eigenvalue weighted by Crippen LogP contribution is 2.16. The summed E-state index contributed by atoms with van der Waals surface area (Å²) in [6.45, 7) is 7.60. The maximum absolute atomic E-state index is 11.7. The molecule has 0 saturated carbocycles. The number of carbonyl (C=O) groups is 1. The van der Waals surface area contributed by atoms with E-state index in [0.717, 1.165) is 10.2 Å². The molecule has 0 aliphatic heterocycles. The Morgan fingerprint density at radius 2 is 2.00 bits per heavy atom. The highest BCUT2D eigenvalue weighted by Gasteiger charge is 2.13. The van der Waals surface area contributed by atoms with Crippen LogP contribution < -0.4 is 10.6 Å². The first-order valence-corrected chi connectivity index (χ1v) is 6.39. The smallest absolute Gasteiger partial charge is 0.242 e. The number of nitrogens with one attached hydrogen (secondary N) is 2. The number of carbonyl (C=O) groups excluding carboxylic acids is 1. The Balaban J connectivity index is 2.64. The first-order valence-electron chi connectivity index (χ1n) is 5.60. The average molecular weight is 300 g/mol. The van der Waals surface area contributed by atoms with Crippen molar-refractivity contribution < 1.29 is 4.79 Å². The number of hydrogen-bond donors (Lipinski definition) is 2. The Kier molecular flexibility index (Phi) is 4.93. The van der Waals surface area contributed by atoms with Crippen LogP contribution in [0.4, 0.5) is 5.82 Å². The minimum absolute atomic E-state index is 0.0256. The first-order chi connectivity index (χ1) is 7.90. The second-order valence-electron chi connectivity index (χ2n) is 4.29. The lowest BCUT2D eigenvalue weighted by molar-refractivity contribution is -0.122. The molecule has 0 radical (unpaired) electrons. The van der Waals surface area contributed by atoms with Gasteiger partial charge in [-0.25, -0.2) is 4.98 Å². The molecule has 2 N–H and O–H groups in total. The summed E-state index contributed by atoms with van der Waals surface area (Å²) in [4.78, 5) is 16.0. The Morgan fingerprint density at radius 3 is 2.53 bits per heavy atom. The van der Waals surface area contributed by atoms with Crippen LogP contribution >= 0.6 is 15.9 Å². The van der Waals surface area contributed by atoms with E-state index in [2.05, 4.69) is 31.5 Å². The summed E-state index contributed by atoms with van der Waals surface area (Å²) in [7, 11) is 0. The predicted molar refractivity (Wildman–Crippen MR) is 73.0 cm³/mol. The summed E-state index contributed by atoms with van der Waals surface area (Å²) in [6.07, 6.45) is 0. The summed E-state index contributed by atoms with van der Waals surface area (Å²) >= 11 is 3.39. The number of amides is 1. The van der Waals surface area contributed by atoms with Gasteiger partial charge in [-0.1, -0.05) is 0 Å². The van der Waals surface area contributed by atoms with Crippen molar-refractivity contribution >= 4 is 27.7 Å². The molecule has 94 valence electrons. The largest absolute Gasteiger partial charge is 0.359 e. The van der Waals surface area contributed by atoms with E-state index in [4.69, 9.17) is 0 Å². The van der Waals surface area contributed by atoms with Gasteiger partial charge < -0.3 is 10.6 Å². The van der Waals surface area contributed by atoms with E-state index in [1.807, 2.05) is 39.8 Å². The molecule has 4 nitrogen and oxygen atoms in total. The minimum atomic E-state index is -0.300.